The molecule has 1 aromatic carbocycles. The van der Waals surface area contributed by atoms with E-state index in [1.165, 1.54) is 26.2 Å². The van der Waals surface area contributed by atoms with Crippen LogP contribution in [0.5, 0.6) is 0 Å². The molecule has 1 saturated carbocycles. The molecule has 6 heteroatoms. The zero-order valence-electron chi connectivity index (χ0n) is 15.5. The van der Waals surface area contributed by atoms with Gasteiger partial charge in [-0.3, -0.25) is 14.2 Å². The van der Waals surface area contributed by atoms with Crippen molar-refractivity contribution in [1.29, 1.82) is 0 Å². The van der Waals surface area contributed by atoms with Crippen molar-refractivity contribution in [2.75, 3.05) is 31.2 Å². The number of hydrogen-bond donors (Lipinski definition) is 0. The van der Waals surface area contributed by atoms with E-state index in [4.69, 9.17) is 9.72 Å². The average Bonchev–Trinajstić information content (AvgIpc) is 2.59. The standard InChI is InChI=1S/C20H25N3O3/c1-13-10-16(14(2)24)18-17(11-13)19(25)23(12-15-4-3-5-15)20(21-18)22-6-8-26-9-7-22/h10-11,15H,3-9,12H2,1-2H3. The van der Waals surface area contributed by atoms with Gasteiger partial charge in [0.1, 0.15) is 0 Å². The first-order valence-electron chi connectivity index (χ1n) is 9.43. The summed E-state index contributed by atoms with van der Waals surface area (Å²) in [6, 6.07) is 3.69. The molecule has 1 saturated heterocycles. The molecule has 6 nitrogen and oxygen atoms in total. The first-order chi connectivity index (χ1) is 12.5. The number of anilines is 1. The van der Waals surface area contributed by atoms with Gasteiger partial charge in [0.2, 0.25) is 5.95 Å². The number of carbonyl (C=O) groups is 1. The smallest absolute Gasteiger partial charge is 0.262 e. The van der Waals surface area contributed by atoms with Crippen molar-refractivity contribution in [1.82, 2.24) is 9.55 Å². The van der Waals surface area contributed by atoms with E-state index < -0.39 is 0 Å². The minimum absolute atomic E-state index is 0.0328. The maximum absolute atomic E-state index is 13.3. The van der Waals surface area contributed by atoms with Crippen LogP contribution >= 0.6 is 0 Å². The summed E-state index contributed by atoms with van der Waals surface area (Å²) >= 11 is 0. The molecule has 0 spiro atoms. The van der Waals surface area contributed by atoms with Crippen molar-refractivity contribution >= 4 is 22.6 Å². The van der Waals surface area contributed by atoms with Gasteiger partial charge in [-0.05, 0) is 50.3 Å². The number of fused-ring (bicyclic) bond motifs is 1. The number of nitrogens with zero attached hydrogens (tertiary/aromatic N) is 3. The van der Waals surface area contributed by atoms with Crippen molar-refractivity contribution in [3.63, 3.8) is 0 Å². The molecular formula is C20H25N3O3. The predicted octanol–water partition coefficient (Wildman–Crippen LogP) is 2.54. The monoisotopic (exact) mass is 355 g/mol. The van der Waals surface area contributed by atoms with Crippen molar-refractivity contribution in [3.8, 4) is 0 Å². The van der Waals surface area contributed by atoms with Crippen LogP contribution in [-0.4, -0.2) is 41.6 Å². The third-order valence-electron chi connectivity index (χ3n) is 5.52. The summed E-state index contributed by atoms with van der Waals surface area (Å²) in [5.41, 5.74) is 1.94. The Hall–Kier alpha value is -2.21. The van der Waals surface area contributed by atoms with Gasteiger partial charge >= 0.3 is 0 Å². The Balaban J connectivity index is 1.94. The highest BCUT2D eigenvalue weighted by molar-refractivity contribution is 6.05. The number of ketones is 1. The van der Waals surface area contributed by atoms with Gasteiger partial charge in [0.05, 0.1) is 24.1 Å². The highest BCUT2D eigenvalue weighted by Gasteiger charge is 2.25. The minimum atomic E-state index is -0.0599. The van der Waals surface area contributed by atoms with E-state index in [2.05, 4.69) is 4.90 Å². The van der Waals surface area contributed by atoms with Crippen LogP contribution in [-0.2, 0) is 11.3 Å². The summed E-state index contributed by atoms with van der Waals surface area (Å²) in [6.07, 6.45) is 3.57. The number of aryl methyl sites for hydroxylation is 1. The Morgan fingerprint density at radius 1 is 1.27 bits per heavy atom. The molecule has 0 atom stereocenters. The molecule has 0 radical (unpaired) electrons. The number of aromatic nitrogens is 2. The van der Waals surface area contributed by atoms with Crippen LogP contribution in [0, 0.1) is 12.8 Å². The van der Waals surface area contributed by atoms with Crippen LogP contribution in [0.4, 0.5) is 5.95 Å². The third-order valence-corrected chi connectivity index (χ3v) is 5.52. The molecule has 2 aliphatic rings. The molecule has 2 aromatic rings. The van der Waals surface area contributed by atoms with E-state index in [0.29, 0.717) is 61.2 Å². The Kier molecular flexibility index (Phi) is 4.53. The molecule has 1 aromatic heterocycles. The summed E-state index contributed by atoms with van der Waals surface area (Å²) in [6.45, 7) is 6.84. The lowest BCUT2D eigenvalue weighted by molar-refractivity contribution is 0.101. The fourth-order valence-electron chi connectivity index (χ4n) is 3.83. The quantitative estimate of drug-likeness (QED) is 0.789. The van der Waals surface area contributed by atoms with Crippen molar-refractivity contribution < 1.29 is 9.53 Å². The summed E-state index contributed by atoms with van der Waals surface area (Å²) in [7, 11) is 0. The molecule has 0 unspecified atom stereocenters. The predicted molar refractivity (Wildman–Crippen MR) is 101 cm³/mol. The number of carbonyl (C=O) groups excluding carboxylic acids is 1. The fraction of sp³-hybridized carbons (Fsp3) is 0.550. The minimum Gasteiger partial charge on any atom is -0.378 e. The average molecular weight is 355 g/mol. The summed E-state index contributed by atoms with van der Waals surface area (Å²) in [5, 5.41) is 0.548. The zero-order chi connectivity index (χ0) is 18.3. The zero-order valence-corrected chi connectivity index (χ0v) is 15.5. The van der Waals surface area contributed by atoms with Gasteiger partial charge in [-0.1, -0.05) is 6.42 Å². The molecule has 1 aliphatic carbocycles. The first-order valence-corrected chi connectivity index (χ1v) is 9.43. The van der Waals surface area contributed by atoms with E-state index in [1.54, 1.807) is 0 Å². The fourth-order valence-corrected chi connectivity index (χ4v) is 3.83. The van der Waals surface area contributed by atoms with E-state index in [9.17, 15) is 9.59 Å². The second kappa shape index (κ2) is 6.83. The molecule has 2 fully saturated rings. The van der Waals surface area contributed by atoms with Crippen LogP contribution in [0.1, 0.15) is 42.1 Å². The van der Waals surface area contributed by atoms with Crippen LogP contribution in [0.3, 0.4) is 0 Å². The highest BCUT2D eigenvalue weighted by atomic mass is 16.5. The van der Waals surface area contributed by atoms with Gasteiger partial charge < -0.3 is 9.64 Å². The van der Waals surface area contributed by atoms with Gasteiger partial charge in [0.15, 0.2) is 5.78 Å². The van der Waals surface area contributed by atoms with Gasteiger partial charge in [0.25, 0.3) is 5.56 Å². The maximum Gasteiger partial charge on any atom is 0.262 e. The molecule has 0 amide bonds. The molecule has 2 heterocycles. The SMILES string of the molecule is CC(=O)c1cc(C)cc2c(=O)n(CC3CCC3)c(N3CCOCC3)nc12. The molecular weight excluding hydrogens is 330 g/mol. The Bertz CT molecular complexity index is 909. The van der Waals surface area contributed by atoms with Gasteiger partial charge in [-0.25, -0.2) is 4.98 Å². The lowest BCUT2D eigenvalue weighted by atomic mass is 9.85. The van der Waals surface area contributed by atoms with E-state index in [0.717, 1.165) is 5.56 Å². The van der Waals surface area contributed by atoms with E-state index in [-0.39, 0.29) is 11.3 Å². The number of Topliss-reactive ketones (excluding diaryl/α,β-unsaturated/α-hetero) is 1. The second-order valence-electron chi connectivity index (χ2n) is 7.49. The molecule has 1 aliphatic heterocycles. The van der Waals surface area contributed by atoms with Gasteiger partial charge in [-0.15, -0.1) is 0 Å². The van der Waals surface area contributed by atoms with Crippen LogP contribution < -0.4 is 10.5 Å². The second-order valence-corrected chi connectivity index (χ2v) is 7.49. The van der Waals surface area contributed by atoms with E-state index in [1.807, 2.05) is 23.6 Å². The van der Waals surface area contributed by atoms with Gasteiger partial charge in [0, 0.05) is 25.2 Å². The molecule has 0 N–H and O–H groups in total. The maximum atomic E-state index is 13.3. The van der Waals surface area contributed by atoms with Crippen molar-refractivity contribution in [2.45, 2.75) is 39.7 Å². The van der Waals surface area contributed by atoms with Gasteiger partial charge in [-0.2, -0.15) is 0 Å². The highest BCUT2D eigenvalue weighted by Crippen LogP contribution is 2.29. The lowest BCUT2D eigenvalue weighted by Gasteiger charge is -2.32. The largest absolute Gasteiger partial charge is 0.378 e. The Morgan fingerprint density at radius 2 is 2.00 bits per heavy atom. The molecule has 138 valence electrons. The van der Waals surface area contributed by atoms with Crippen LogP contribution in [0.2, 0.25) is 0 Å². The molecule has 4 rings (SSSR count). The Morgan fingerprint density at radius 3 is 2.62 bits per heavy atom. The van der Waals surface area contributed by atoms with E-state index >= 15 is 0 Å². The summed E-state index contributed by atoms with van der Waals surface area (Å²) in [4.78, 5) is 32.5. The normalized spacial score (nSPS) is 18.2. The number of benzene rings is 1. The number of morpholine rings is 1. The topological polar surface area (TPSA) is 64.4 Å². The molecule has 26 heavy (non-hydrogen) atoms. The summed E-state index contributed by atoms with van der Waals surface area (Å²) < 4.78 is 7.29. The molecule has 0 bridgehead atoms. The van der Waals surface area contributed by atoms with Crippen molar-refractivity contribution in [2.24, 2.45) is 5.92 Å². The third kappa shape index (κ3) is 3.03. The Labute approximate surface area is 152 Å². The number of rotatable bonds is 4. The van der Waals surface area contributed by atoms with Crippen LogP contribution in [0.15, 0.2) is 16.9 Å². The number of ether oxygens (including phenoxy) is 1. The first kappa shape index (κ1) is 17.2. The number of hydrogen-bond acceptors (Lipinski definition) is 5. The lowest BCUT2D eigenvalue weighted by Crippen LogP contribution is -2.41. The van der Waals surface area contributed by atoms with Crippen LogP contribution in [0.25, 0.3) is 10.9 Å². The summed E-state index contributed by atoms with van der Waals surface area (Å²) in [5.74, 6) is 1.17. The van der Waals surface area contributed by atoms with Crippen molar-refractivity contribution in [3.05, 3.63) is 33.6 Å².